The average molecular weight is 459 g/mol. The van der Waals surface area contributed by atoms with E-state index in [0.29, 0.717) is 35.8 Å². The van der Waals surface area contributed by atoms with Gasteiger partial charge < -0.3 is 9.64 Å². The maximum absolute atomic E-state index is 13.7. The van der Waals surface area contributed by atoms with E-state index < -0.39 is 17.6 Å². The second kappa shape index (κ2) is 9.91. The van der Waals surface area contributed by atoms with Crippen molar-refractivity contribution in [2.24, 2.45) is 0 Å². The van der Waals surface area contributed by atoms with Crippen LogP contribution in [-0.4, -0.2) is 29.4 Å². The second-order valence-corrected chi connectivity index (χ2v) is 8.34. The Morgan fingerprint density at radius 1 is 0.882 bits per heavy atom. The number of halogens is 1. The molecule has 0 spiro atoms. The van der Waals surface area contributed by atoms with Crippen LogP contribution in [0.5, 0.6) is 5.75 Å². The third-order valence-corrected chi connectivity index (χ3v) is 5.57. The van der Waals surface area contributed by atoms with Gasteiger partial charge in [0.05, 0.1) is 17.4 Å². The predicted molar refractivity (Wildman–Crippen MR) is 131 cm³/mol. The molecule has 0 bridgehead atoms. The molecule has 0 aliphatic carbocycles. The summed E-state index contributed by atoms with van der Waals surface area (Å²) >= 11 is 0. The van der Waals surface area contributed by atoms with Gasteiger partial charge in [-0.25, -0.2) is 9.29 Å². The molecule has 0 N–H and O–H groups in total. The molecule has 34 heavy (non-hydrogen) atoms. The van der Waals surface area contributed by atoms with Crippen LogP contribution < -0.4 is 9.64 Å². The van der Waals surface area contributed by atoms with Crippen LogP contribution in [0, 0.1) is 5.82 Å². The smallest absolute Gasteiger partial charge is 0.282 e. The summed E-state index contributed by atoms with van der Waals surface area (Å²) in [5.41, 5.74) is 2.56. The lowest BCUT2D eigenvalue weighted by Gasteiger charge is -2.25. The Kier molecular flexibility index (Phi) is 6.77. The van der Waals surface area contributed by atoms with Crippen LogP contribution in [-0.2, 0) is 16.1 Å². The molecule has 0 radical (unpaired) electrons. The minimum Gasteiger partial charge on any atom is -0.491 e. The molecule has 4 rings (SSSR count). The molecule has 174 valence electrons. The molecule has 1 heterocycles. The highest BCUT2D eigenvalue weighted by Gasteiger charge is 2.42. The number of likely N-dealkylation sites (N-methyl/N-ethyl adjacent to an activating group) is 1. The maximum atomic E-state index is 13.7. The van der Waals surface area contributed by atoms with Gasteiger partial charge in [0.2, 0.25) is 0 Å². The van der Waals surface area contributed by atoms with E-state index in [1.165, 1.54) is 29.2 Å². The zero-order chi connectivity index (χ0) is 24.2. The van der Waals surface area contributed by atoms with Gasteiger partial charge in [0, 0.05) is 13.1 Å². The number of rotatable bonds is 8. The van der Waals surface area contributed by atoms with Crippen LogP contribution in [0.15, 0.2) is 84.6 Å². The van der Waals surface area contributed by atoms with E-state index in [9.17, 15) is 14.0 Å². The third-order valence-electron chi connectivity index (χ3n) is 5.57. The lowest BCUT2D eigenvalue weighted by atomic mass is 10.0. The number of benzene rings is 3. The lowest BCUT2D eigenvalue weighted by Crippen LogP contribution is -2.35. The molecule has 0 saturated carbocycles. The number of nitrogens with zero attached hydrogens (tertiary/aromatic N) is 2. The number of ether oxygens (including phenoxy) is 1. The number of imide groups is 1. The highest BCUT2D eigenvalue weighted by molar-refractivity contribution is 6.45. The number of anilines is 1. The predicted octanol–water partition coefficient (Wildman–Crippen LogP) is 5.42. The number of hydrogen-bond acceptors (Lipinski definition) is 4. The SMILES string of the molecule is CCN(Cc1ccccc1)C1=C(c2ccc(F)cc2)C(=O)N(c2ccc(OC(C)C)cc2)C1=O. The normalized spacial score (nSPS) is 13.7. The Balaban J connectivity index is 1.76. The van der Waals surface area contributed by atoms with E-state index >= 15 is 0 Å². The molecule has 0 atom stereocenters. The van der Waals surface area contributed by atoms with Crippen molar-refractivity contribution in [3.8, 4) is 5.75 Å². The fourth-order valence-electron chi connectivity index (χ4n) is 4.02. The van der Waals surface area contributed by atoms with Gasteiger partial charge in [-0.05, 0) is 68.3 Å². The summed E-state index contributed by atoms with van der Waals surface area (Å²) in [7, 11) is 0. The summed E-state index contributed by atoms with van der Waals surface area (Å²) in [4.78, 5) is 30.4. The summed E-state index contributed by atoms with van der Waals surface area (Å²) in [6.07, 6.45) is 0.00958. The fourth-order valence-corrected chi connectivity index (χ4v) is 4.02. The highest BCUT2D eigenvalue weighted by atomic mass is 19.1. The topological polar surface area (TPSA) is 49.9 Å². The van der Waals surface area contributed by atoms with Gasteiger partial charge >= 0.3 is 0 Å². The van der Waals surface area contributed by atoms with Crippen molar-refractivity contribution in [2.75, 3.05) is 11.4 Å². The number of hydrogen-bond donors (Lipinski definition) is 0. The Hall–Kier alpha value is -3.93. The molecule has 0 unspecified atom stereocenters. The molecule has 0 fully saturated rings. The molecule has 0 saturated heterocycles. The molecular formula is C28H27FN2O3. The van der Waals surface area contributed by atoms with Gasteiger partial charge in [0.25, 0.3) is 11.8 Å². The number of carbonyl (C=O) groups is 2. The minimum atomic E-state index is -0.435. The van der Waals surface area contributed by atoms with Gasteiger partial charge in [0.1, 0.15) is 17.3 Å². The first-order valence-electron chi connectivity index (χ1n) is 11.3. The maximum Gasteiger partial charge on any atom is 0.282 e. The van der Waals surface area contributed by atoms with Crippen LogP contribution >= 0.6 is 0 Å². The van der Waals surface area contributed by atoms with Gasteiger partial charge in [-0.2, -0.15) is 0 Å². The second-order valence-electron chi connectivity index (χ2n) is 8.34. The highest BCUT2D eigenvalue weighted by Crippen LogP contribution is 2.36. The molecule has 5 nitrogen and oxygen atoms in total. The molecule has 3 aromatic carbocycles. The van der Waals surface area contributed by atoms with Crippen molar-refractivity contribution >= 4 is 23.1 Å². The average Bonchev–Trinajstić information content (AvgIpc) is 3.09. The first kappa shape index (κ1) is 23.2. The monoisotopic (exact) mass is 458 g/mol. The first-order chi connectivity index (χ1) is 16.4. The van der Waals surface area contributed by atoms with E-state index in [1.807, 2.05) is 56.0 Å². The standard InChI is InChI=1S/C28H27FN2O3/c1-4-30(18-20-8-6-5-7-9-20)26-25(21-10-12-22(29)13-11-21)27(32)31(28(26)33)23-14-16-24(17-15-23)34-19(2)3/h5-17,19H,4,18H2,1-3H3. The van der Waals surface area contributed by atoms with E-state index in [4.69, 9.17) is 4.74 Å². The quantitative estimate of drug-likeness (QED) is 0.423. The van der Waals surface area contributed by atoms with Crippen LogP contribution in [0.2, 0.25) is 0 Å². The Labute approximate surface area is 199 Å². The van der Waals surface area contributed by atoms with E-state index in [1.54, 1.807) is 24.3 Å². The largest absolute Gasteiger partial charge is 0.491 e. The summed E-state index contributed by atoms with van der Waals surface area (Å²) in [5, 5.41) is 0. The first-order valence-corrected chi connectivity index (χ1v) is 11.3. The van der Waals surface area contributed by atoms with Crippen LogP contribution in [0.4, 0.5) is 10.1 Å². The summed E-state index contributed by atoms with van der Waals surface area (Å²) < 4.78 is 19.3. The van der Waals surface area contributed by atoms with E-state index in [-0.39, 0.29) is 11.7 Å². The van der Waals surface area contributed by atoms with Crippen molar-refractivity contribution in [1.82, 2.24) is 4.90 Å². The van der Waals surface area contributed by atoms with Gasteiger partial charge in [0.15, 0.2) is 0 Å². The van der Waals surface area contributed by atoms with Crippen molar-refractivity contribution in [2.45, 2.75) is 33.4 Å². The molecule has 1 aliphatic heterocycles. The van der Waals surface area contributed by atoms with Crippen molar-refractivity contribution in [3.63, 3.8) is 0 Å². The number of amides is 2. The van der Waals surface area contributed by atoms with E-state index in [0.717, 1.165) is 5.56 Å². The van der Waals surface area contributed by atoms with Crippen LogP contribution in [0.1, 0.15) is 31.9 Å². The van der Waals surface area contributed by atoms with Crippen molar-refractivity contribution in [1.29, 1.82) is 0 Å². The summed E-state index contributed by atoms with van der Waals surface area (Å²) in [6.45, 7) is 6.78. The van der Waals surface area contributed by atoms with Crippen molar-refractivity contribution < 1.29 is 18.7 Å². The van der Waals surface area contributed by atoms with Gasteiger partial charge in [-0.1, -0.05) is 42.5 Å². The fraction of sp³-hybridized carbons (Fsp3) is 0.214. The van der Waals surface area contributed by atoms with Gasteiger partial charge in [-0.3, -0.25) is 9.59 Å². The summed E-state index contributed by atoms with van der Waals surface area (Å²) in [6, 6.07) is 22.3. The summed E-state index contributed by atoms with van der Waals surface area (Å²) in [5.74, 6) is -0.587. The minimum absolute atomic E-state index is 0.00958. The Bertz CT molecular complexity index is 1200. The van der Waals surface area contributed by atoms with Crippen LogP contribution in [0.25, 0.3) is 5.57 Å². The van der Waals surface area contributed by atoms with Crippen LogP contribution in [0.3, 0.4) is 0 Å². The molecule has 3 aromatic rings. The molecular weight excluding hydrogens is 431 g/mol. The molecule has 6 heteroatoms. The van der Waals surface area contributed by atoms with E-state index in [2.05, 4.69) is 0 Å². The van der Waals surface area contributed by atoms with Gasteiger partial charge in [-0.15, -0.1) is 0 Å². The molecule has 1 aliphatic rings. The zero-order valence-electron chi connectivity index (χ0n) is 19.5. The third kappa shape index (κ3) is 4.71. The lowest BCUT2D eigenvalue weighted by molar-refractivity contribution is -0.120. The Morgan fingerprint density at radius 2 is 1.53 bits per heavy atom. The molecule has 2 amide bonds. The molecule has 0 aromatic heterocycles. The number of carbonyl (C=O) groups excluding carboxylic acids is 2. The Morgan fingerprint density at radius 3 is 2.12 bits per heavy atom. The zero-order valence-corrected chi connectivity index (χ0v) is 19.5. The van der Waals surface area contributed by atoms with Crippen molar-refractivity contribution in [3.05, 3.63) is 102 Å².